The lowest BCUT2D eigenvalue weighted by molar-refractivity contribution is -0.147. The molecule has 1 N–H and O–H groups in total. The second kappa shape index (κ2) is 4.23. The van der Waals surface area contributed by atoms with Crippen LogP contribution in [0.1, 0.15) is 23.9 Å². The van der Waals surface area contributed by atoms with E-state index in [1.807, 2.05) is 13.0 Å². The number of hydrogen-bond acceptors (Lipinski definition) is 2. The monoisotopic (exact) mass is 269 g/mol. The first-order chi connectivity index (χ1) is 8.97. The number of imidazole rings is 1. The summed E-state index contributed by atoms with van der Waals surface area (Å²) in [6.07, 6.45) is -3.72. The third kappa shape index (κ3) is 2.10. The Balaban J connectivity index is 2.25. The molecule has 0 saturated carbocycles. The molecule has 1 saturated heterocycles. The van der Waals surface area contributed by atoms with Crippen LogP contribution in [0.15, 0.2) is 18.2 Å². The Hall–Kier alpha value is -1.56. The molecule has 0 amide bonds. The van der Waals surface area contributed by atoms with Gasteiger partial charge in [-0.15, -0.1) is 0 Å². The van der Waals surface area contributed by atoms with Crippen LogP contribution in [-0.4, -0.2) is 22.6 Å². The van der Waals surface area contributed by atoms with Crippen molar-refractivity contribution in [3.8, 4) is 0 Å². The Morgan fingerprint density at radius 1 is 1.37 bits per heavy atom. The molecule has 3 nitrogen and oxygen atoms in total. The van der Waals surface area contributed by atoms with Crippen molar-refractivity contribution in [3.63, 3.8) is 0 Å². The van der Waals surface area contributed by atoms with Crippen LogP contribution in [0.4, 0.5) is 13.2 Å². The van der Waals surface area contributed by atoms with E-state index >= 15 is 0 Å². The number of nitrogens with zero attached hydrogens (tertiary/aromatic N) is 2. The van der Waals surface area contributed by atoms with Crippen LogP contribution >= 0.6 is 0 Å². The third-order valence-electron chi connectivity index (χ3n) is 3.50. The maximum absolute atomic E-state index is 13.1. The zero-order valence-corrected chi connectivity index (χ0v) is 10.5. The summed E-state index contributed by atoms with van der Waals surface area (Å²) in [5, 5.41) is 3.10. The molecule has 1 aromatic carbocycles. The highest BCUT2D eigenvalue weighted by Gasteiger charge is 2.39. The van der Waals surface area contributed by atoms with Crippen LogP contribution in [0.25, 0.3) is 11.0 Å². The molecule has 0 radical (unpaired) electrons. The van der Waals surface area contributed by atoms with Crippen LogP contribution in [0.5, 0.6) is 0 Å². The van der Waals surface area contributed by atoms with E-state index in [-0.39, 0.29) is 6.04 Å². The molecule has 102 valence electrons. The molecular formula is C13H14F3N3. The highest BCUT2D eigenvalue weighted by atomic mass is 19.4. The first-order valence-electron chi connectivity index (χ1n) is 6.23. The molecule has 1 unspecified atom stereocenters. The Labute approximate surface area is 108 Å². The van der Waals surface area contributed by atoms with E-state index in [1.54, 1.807) is 12.1 Å². The van der Waals surface area contributed by atoms with Gasteiger partial charge in [-0.2, -0.15) is 13.2 Å². The zero-order valence-electron chi connectivity index (χ0n) is 10.5. The average Bonchev–Trinajstić information content (AvgIpc) is 2.91. The van der Waals surface area contributed by atoms with Gasteiger partial charge in [-0.05, 0) is 37.6 Å². The lowest BCUT2D eigenvalue weighted by Gasteiger charge is -2.17. The molecule has 3 rings (SSSR count). The first-order valence-corrected chi connectivity index (χ1v) is 6.23. The van der Waals surface area contributed by atoms with Crippen molar-refractivity contribution in [1.29, 1.82) is 0 Å². The van der Waals surface area contributed by atoms with Gasteiger partial charge in [-0.25, -0.2) is 4.98 Å². The van der Waals surface area contributed by atoms with Crippen molar-refractivity contribution in [2.75, 3.05) is 13.1 Å². The second-order valence-electron chi connectivity index (χ2n) is 4.94. The van der Waals surface area contributed by atoms with Crippen molar-refractivity contribution >= 4 is 11.0 Å². The van der Waals surface area contributed by atoms with Crippen molar-refractivity contribution in [1.82, 2.24) is 14.9 Å². The quantitative estimate of drug-likeness (QED) is 0.862. The van der Waals surface area contributed by atoms with Gasteiger partial charge < -0.3 is 9.88 Å². The van der Waals surface area contributed by atoms with Crippen molar-refractivity contribution in [2.24, 2.45) is 0 Å². The third-order valence-corrected chi connectivity index (χ3v) is 3.50. The molecule has 1 aliphatic heterocycles. The van der Waals surface area contributed by atoms with Crippen LogP contribution < -0.4 is 5.32 Å². The van der Waals surface area contributed by atoms with Gasteiger partial charge in [0.25, 0.3) is 0 Å². The van der Waals surface area contributed by atoms with E-state index in [0.29, 0.717) is 24.0 Å². The molecule has 0 spiro atoms. The number of aromatic nitrogens is 2. The highest BCUT2D eigenvalue weighted by Crippen LogP contribution is 2.35. The van der Waals surface area contributed by atoms with Crippen LogP contribution in [0.3, 0.4) is 0 Å². The van der Waals surface area contributed by atoms with Gasteiger partial charge in [0, 0.05) is 12.6 Å². The van der Waals surface area contributed by atoms with E-state index in [0.717, 1.165) is 12.1 Å². The summed E-state index contributed by atoms with van der Waals surface area (Å²) in [5.41, 5.74) is 1.89. The molecular weight excluding hydrogens is 255 g/mol. The molecule has 0 bridgehead atoms. The van der Waals surface area contributed by atoms with Crippen molar-refractivity contribution in [2.45, 2.75) is 25.6 Å². The number of fused-ring (bicyclic) bond motifs is 1. The number of alkyl halides is 3. The summed E-state index contributed by atoms with van der Waals surface area (Å²) in [6, 6.07) is 5.07. The fraction of sp³-hybridized carbons (Fsp3) is 0.462. The van der Waals surface area contributed by atoms with Crippen LogP contribution in [-0.2, 0) is 6.18 Å². The maximum Gasteiger partial charge on any atom is 0.449 e. The SMILES string of the molecule is Cc1ccc2c(c1)nc(C(F)(F)F)n2C1CCNC1. The van der Waals surface area contributed by atoms with Gasteiger partial charge in [-0.1, -0.05) is 6.07 Å². The summed E-state index contributed by atoms with van der Waals surface area (Å²) < 4.78 is 40.8. The largest absolute Gasteiger partial charge is 0.449 e. The first kappa shape index (κ1) is 12.5. The van der Waals surface area contributed by atoms with Crippen molar-refractivity contribution in [3.05, 3.63) is 29.6 Å². The molecule has 0 aliphatic carbocycles. The fourth-order valence-corrected chi connectivity index (χ4v) is 2.64. The summed E-state index contributed by atoms with van der Waals surface area (Å²) in [6.45, 7) is 3.15. The number of rotatable bonds is 1. The van der Waals surface area contributed by atoms with Gasteiger partial charge in [0.2, 0.25) is 5.82 Å². The summed E-state index contributed by atoms with van der Waals surface area (Å²) in [7, 11) is 0. The Morgan fingerprint density at radius 3 is 2.79 bits per heavy atom. The molecule has 2 aromatic rings. The summed E-state index contributed by atoms with van der Waals surface area (Å²) in [4.78, 5) is 3.80. The molecule has 1 fully saturated rings. The number of aryl methyl sites for hydroxylation is 1. The smallest absolute Gasteiger partial charge is 0.316 e. The fourth-order valence-electron chi connectivity index (χ4n) is 2.64. The van der Waals surface area contributed by atoms with E-state index < -0.39 is 12.0 Å². The minimum atomic E-state index is -4.42. The van der Waals surface area contributed by atoms with Crippen LogP contribution in [0.2, 0.25) is 0 Å². The van der Waals surface area contributed by atoms with E-state index in [4.69, 9.17) is 0 Å². The van der Waals surface area contributed by atoms with Gasteiger partial charge in [0.15, 0.2) is 0 Å². The van der Waals surface area contributed by atoms with Crippen molar-refractivity contribution < 1.29 is 13.2 Å². The Kier molecular flexibility index (Phi) is 2.78. The highest BCUT2D eigenvalue weighted by molar-refractivity contribution is 5.77. The minimum Gasteiger partial charge on any atom is -0.316 e. The molecule has 1 aromatic heterocycles. The van der Waals surface area contributed by atoms with Gasteiger partial charge in [-0.3, -0.25) is 0 Å². The molecule has 1 aliphatic rings. The normalized spacial score (nSPS) is 20.3. The van der Waals surface area contributed by atoms with E-state index in [9.17, 15) is 13.2 Å². The minimum absolute atomic E-state index is 0.177. The molecule has 19 heavy (non-hydrogen) atoms. The van der Waals surface area contributed by atoms with Gasteiger partial charge in [0.05, 0.1) is 11.0 Å². The van der Waals surface area contributed by atoms with Gasteiger partial charge >= 0.3 is 6.18 Å². The standard InChI is InChI=1S/C13H14F3N3/c1-8-2-3-11-10(6-8)18-12(13(14,15)16)19(11)9-4-5-17-7-9/h2-3,6,9,17H,4-5,7H2,1H3. The van der Waals surface area contributed by atoms with E-state index in [1.165, 1.54) is 4.57 Å². The number of nitrogens with one attached hydrogen (secondary N) is 1. The number of benzene rings is 1. The lowest BCUT2D eigenvalue weighted by Crippen LogP contribution is -2.20. The average molecular weight is 269 g/mol. The second-order valence-corrected chi connectivity index (χ2v) is 4.94. The van der Waals surface area contributed by atoms with Gasteiger partial charge in [0.1, 0.15) is 0 Å². The molecule has 6 heteroatoms. The topological polar surface area (TPSA) is 29.9 Å². The molecule has 2 heterocycles. The molecule has 1 atom stereocenters. The van der Waals surface area contributed by atoms with Crippen LogP contribution in [0, 0.1) is 6.92 Å². The Morgan fingerprint density at radius 2 is 2.16 bits per heavy atom. The number of halogens is 3. The summed E-state index contributed by atoms with van der Waals surface area (Å²) >= 11 is 0. The Bertz CT molecular complexity index is 609. The lowest BCUT2D eigenvalue weighted by atomic mass is 10.2. The maximum atomic E-state index is 13.1. The zero-order chi connectivity index (χ0) is 13.6. The summed E-state index contributed by atoms with van der Waals surface area (Å²) in [5.74, 6) is -0.790. The number of hydrogen-bond donors (Lipinski definition) is 1. The van der Waals surface area contributed by atoms with E-state index in [2.05, 4.69) is 10.3 Å². The predicted molar refractivity (Wildman–Crippen MR) is 66.0 cm³/mol. The predicted octanol–water partition coefficient (Wildman–Crippen LogP) is 2.90.